The molecule has 0 aliphatic rings. The highest BCUT2D eigenvalue weighted by Gasteiger charge is 2.18. The summed E-state index contributed by atoms with van der Waals surface area (Å²) in [6, 6.07) is 14.4. The Morgan fingerprint density at radius 2 is 1.96 bits per heavy atom. The van der Waals surface area contributed by atoms with E-state index < -0.39 is 0 Å². The van der Waals surface area contributed by atoms with Crippen LogP contribution in [-0.2, 0) is 13.5 Å². The Morgan fingerprint density at radius 3 is 2.68 bits per heavy atom. The molecule has 0 aliphatic heterocycles. The third kappa shape index (κ3) is 4.06. The van der Waals surface area contributed by atoms with Crippen LogP contribution < -0.4 is 4.74 Å². The molecule has 1 heterocycles. The van der Waals surface area contributed by atoms with Crippen molar-refractivity contribution in [1.82, 2.24) is 14.7 Å². The Balaban J connectivity index is 1.74. The normalized spacial score (nSPS) is 10.8. The predicted molar refractivity (Wildman–Crippen MR) is 107 cm³/mol. The first-order valence-electron chi connectivity index (χ1n) is 9.08. The molecule has 0 atom stereocenters. The molecule has 1 amide bonds. The van der Waals surface area contributed by atoms with E-state index in [0.29, 0.717) is 24.2 Å². The lowest BCUT2D eigenvalue weighted by Crippen LogP contribution is -2.29. The molecular formula is C22H24FN3O2. The standard InChI is InChI=1S/C22H24FN3O2/c1-15-13-17(9-10-18(15)23)20-14-19(24-26(20)3)22(27)25(2)12-11-16-7-5-6-8-21(16)28-4/h5-10,13-14H,11-12H2,1-4H3. The number of amides is 1. The van der Waals surface area contributed by atoms with E-state index in [0.717, 1.165) is 22.6 Å². The van der Waals surface area contributed by atoms with Crippen molar-refractivity contribution < 1.29 is 13.9 Å². The highest BCUT2D eigenvalue weighted by molar-refractivity contribution is 5.93. The van der Waals surface area contributed by atoms with Crippen LogP contribution in [0.5, 0.6) is 5.75 Å². The molecule has 0 N–H and O–H groups in total. The Hall–Kier alpha value is -3.15. The van der Waals surface area contributed by atoms with Crippen molar-refractivity contribution in [2.75, 3.05) is 20.7 Å². The second-order valence-corrected chi connectivity index (χ2v) is 6.79. The van der Waals surface area contributed by atoms with Crippen LogP contribution >= 0.6 is 0 Å². The Labute approximate surface area is 164 Å². The van der Waals surface area contributed by atoms with Crippen molar-refractivity contribution in [3.63, 3.8) is 0 Å². The van der Waals surface area contributed by atoms with E-state index in [1.54, 1.807) is 55.9 Å². The molecule has 0 radical (unpaired) electrons. The van der Waals surface area contributed by atoms with Crippen LogP contribution in [0.4, 0.5) is 4.39 Å². The number of benzene rings is 2. The van der Waals surface area contributed by atoms with Gasteiger partial charge in [-0.15, -0.1) is 0 Å². The second-order valence-electron chi connectivity index (χ2n) is 6.79. The molecule has 0 unspecified atom stereocenters. The van der Waals surface area contributed by atoms with Gasteiger partial charge in [0.05, 0.1) is 12.8 Å². The Morgan fingerprint density at radius 1 is 1.21 bits per heavy atom. The number of carbonyl (C=O) groups excluding carboxylic acids is 1. The molecule has 2 aromatic carbocycles. The fraction of sp³-hybridized carbons (Fsp3) is 0.273. The van der Waals surface area contributed by atoms with Gasteiger partial charge in [-0.05, 0) is 54.8 Å². The number of aryl methyl sites for hydroxylation is 2. The summed E-state index contributed by atoms with van der Waals surface area (Å²) in [5.74, 6) is 0.407. The van der Waals surface area contributed by atoms with Gasteiger partial charge >= 0.3 is 0 Å². The summed E-state index contributed by atoms with van der Waals surface area (Å²) in [6.45, 7) is 2.26. The van der Waals surface area contributed by atoms with E-state index in [2.05, 4.69) is 5.10 Å². The lowest BCUT2D eigenvalue weighted by atomic mass is 10.1. The monoisotopic (exact) mass is 381 g/mol. The molecule has 0 saturated carbocycles. The van der Waals surface area contributed by atoms with Gasteiger partial charge in [0.2, 0.25) is 0 Å². The number of hydrogen-bond donors (Lipinski definition) is 0. The smallest absolute Gasteiger partial charge is 0.274 e. The van der Waals surface area contributed by atoms with Gasteiger partial charge in [0.25, 0.3) is 5.91 Å². The summed E-state index contributed by atoms with van der Waals surface area (Å²) in [4.78, 5) is 14.4. The third-order valence-electron chi connectivity index (χ3n) is 4.81. The summed E-state index contributed by atoms with van der Waals surface area (Å²) in [5, 5.41) is 4.36. The molecule has 0 saturated heterocycles. The number of rotatable bonds is 6. The molecule has 0 aliphatic carbocycles. The maximum Gasteiger partial charge on any atom is 0.274 e. The van der Waals surface area contributed by atoms with Crippen LogP contribution in [0, 0.1) is 12.7 Å². The second kappa shape index (κ2) is 8.25. The summed E-state index contributed by atoms with van der Waals surface area (Å²) in [5.41, 5.74) is 3.56. The quantitative estimate of drug-likeness (QED) is 0.651. The molecule has 0 spiro atoms. The van der Waals surface area contributed by atoms with Gasteiger partial charge in [0.15, 0.2) is 5.69 Å². The van der Waals surface area contributed by atoms with E-state index in [1.165, 1.54) is 6.07 Å². The third-order valence-corrected chi connectivity index (χ3v) is 4.81. The van der Waals surface area contributed by atoms with Crippen LogP contribution in [-0.4, -0.2) is 41.3 Å². The van der Waals surface area contributed by atoms with E-state index in [4.69, 9.17) is 4.74 Å². The maximum absolute atomic E-state index is 13.5. The summed E-state index contributed by atoms with van der Waals surface area (Å²) < 4.78 is 20.6. The minimum Gasteiger partial charge on any atom is -0.496 e. The maximum atomic E-state index is 13.5. The first-order chi connectivity index (χ1) is 13.4. The largest absolute Gasteiger partial charge is 0.496 e. The molecule has 1 aromatic heterocycles. The topological polar surface area (TPSA) is 47.4 Å². The van der Waals surface area contributed by atoms with Gasteiger partial charge in [-0.3, -0.25) is 9.48 Å². The van der Waals surface area contributed by atoms with Crippen LogP contribution in [0.2, 0.25) is 0 Å². The van der Waals surface area contributed by atoms with Crippen LogP contribution in [0.1, 0.15) is 21.6 Å². The molecule has 146 valence electrons. The van der Waals surface area contributed by atoms with Gasteiger partial charge < -0.3 is 9.64 Å². The highest BCUT2D eigenvalue weighted by atomic mass is 19.1. The average molecular weight is 381 g/mol. The number of hydrogen-bond acceptors (Lipinski definition) is 3. The number of nitrogens with zero attached hydrogens (tertiary/aromatic N) is 3. The average Bonchev–Trinajstić information content (AvgIpc) is 3.09. The van der Waals surface area contributed by atoms with E-state index in [-0.39, 0.29) is 11.7 Å². The van der Waals surface area contributed by atoms with E-state index in [9.17, 15) is 9.18 Å². The molecule has 0 fully saturated rings. The molecular weight excluding hydrogens is 357 g/mol. The van der Waals surface area contributed by atoms with Gasteiger partial charge in [0, 0.05) is 26.2 Å². The number of halogens is 1. The van der Waals surface area contributed by atoms with E-state index in [1.807, 2.05) is 24.3 Å². The molecule has 3 rings (SSSR count). The zero-order valence-electron chi connectivity index (χ0n) is 16.6. The van der Waals surface area contributed by atoms with Crippen molar-refractivity contribution in [3.8, 4) is 17.0 Å². The van der Waals surface area contributed by atoms with Gasteiger partial charge in [0.1, 0.15) is 11.6 Å². The van der Waals surface area contributed by atoms with Crippen LogP contribution in [0.15, 0.2) is 48.5 Å². The van der Waals surface area contributed by atoms with Crippen molar-refractivity contribution >= 4 is 5.91 Å². The van der Waals surface area contributed by atoms with Gasteiger partial charge in [-0.25, -0.2) is 4.39 Å². The zero-order valence-corrected chi connectivity index (χ0v) is 16.6. The summed E-state index contributed by atoms with van der Waals surface area (Å²) in [6.07, 6.45) is 0.684. The van der Waals surface area contributed by atoms with E-state index >= 15 is 0 Å². The first-order valence-corrected chi connectivity index (χ1v) is 9.08. The number of carbonyl (C=O) groups is 1. The molecule has 0 bridgehead atoms. The number of aromatic nitrogens is 2. The SMILES string of the molecule is COc1ccccc1CCN(C)C(=O)c1cc(-c2ccc(F)c(C)c2)n(C)n1. The Kier molecular flexibility index (Phi) is 5.78. The number of para-hydroxylation sites is 1. The number of ether oxygens (including phenoxy) is 1. The molecule has 5 nitrogen and oxygen atoms in total. The fourth-order valence-corrected chi connectivity index (χ4v) is 3.14. The van der Waals surface area contributed by atoms with Gasteiger partial charge in [-0.2, -0.15) is 5.10 Å². The minimum absolute atomic E-state index is 0.157. The number of likely N-dealkylation sites (N-methyl/N-ethyl adjacent to an activating group) is 1. The lowest BCUT2D eigenvalue weighted by molar-refractivity contribution is 0.0790. The summed E-state index contributed by atoms with van der Waals surface area (Å²) >= 11 is 0. The lowest BCUT2D eigenvalue weighted by Gasteiger charge is -2.16. The van der Waals surface area contributed by atoms with Crippen molar-refractivity contribution in [2.45, 2.75) is 13.3 Å². The number of methoxy groups -OCH3 is 1. The van der Waals surface area contributed by atoms with Crippen molar-refractivity contribution in [3.05, 3.63) is 71.2 Å². The fourth-order valence-electron chi connectivity index (χ4n) is 3.14. The minimum atomic E-state index is -0.252. The van der Waals surface area contributed by atoms with Crippen molar-refractivity contribution in [2.24, 2.45) is 7.05 Å². The van der Waals surface area contributed by atoms with Crippen LogP contribution in [0.3, 0.4) is 0 Å². The Bertz CT molecular complexity index is 997. The zero-order chi connectivity index (χ0) is 20.3. The van der Waals surface area contributed by atoms with Crippen LogP contribution in [0.25, 0.3) is 11.3 Å². The van der Waals surface area contributed by atoms with Gasteiger partial charge in [-0.1, -0.05) is 18.2 Å². The predicted octanol–water partition coefficient (Wildman–Crippen LogP) is 3.86. The molecule has 6 heteroatoms. The first kappa shape index (κ1) is 19.6. The molecule has 28 heavy (non-hydrogen) atoms. The summed E-state index contributed by atoms with van der Waals surface area (Å²) in [7, 11) is 5.17. The molecule has 3 aromatic rings. The highest BCUT2D eigenvalue weighted by Crippen LogP contribution is 2.23. The van der Waals surface area contributed by atoms with Crippen molar-refractivity contribution in [1.29, 1.82) is 0 Å².